The summed E-state index contributed by atoms with van der Waals surface area (Å²) in [6.07, 6.45) is 5.02. The highest BCUT2D eigenvalue weighted by molar-refractivity contribution is 7.89. The van der Waals surface area contributed by atoms with Crippen LogP contribution in [0, 0.1) is 6.92 Å². The first-order chi connectivity index (χ1) is 13.4. The minimum absolute atomic E-state index is 0.0370. The zero-order valence-electron chi connectivity index (χ0n) is 16.1. The average molecular weight is 399 g/mol. The van der Waals surface area contributed by atoms with Crippen molar-refractivity contribution in [1.82, 2.24) is 10.0 Å². The molecule has 1 saturated carbocycles. The monoisotopic (exact) mass is 398 g/mol. The summed E-state index contributed by atoms with van der Waals surface area (Å²) in [5, 5.41) is 3.03. The Kier molecular flexibility index (Phi) is 5.25. The molecule has 0 radical (unpaired) electrons. The molecule has 0 aromatic heterocycles. The van der Waals surface area contributed by atoms with Gasteiger partial charge in [-0.05, 0) is 67.9 Å². The first-order valence-electron chi connectivity index (χ1n) is 9.93. The van der Waals surface area contributed by atoms with E-state index in [0.717, 1.165) is 37.7 Å². The lowest BCUT2D eigenvalue weighted by Crippen LogP contribution is -2.31. The molecule has 2 aromatic carbocycles. The number of carbonyl (C=O) groups is 1. The zero-order chi connectivity index (χ0) is 19.7. The maximum absolute atomic E-state index is 12.8. The van der Waals surface area contributed by atoms with Crippen LogP contribution < -0.4 is 10.0 Å². The van der Waals surface area contributed by atoms with Gasteiger partial charge in [-0.3, -0.25) is 4.79 Å². The van der Waals surface area contributed by atoms with Crippen LogP contribution in [0.25, 0.3) is 0 Å². The largest absolute Gasteiger partial charge is 0.351 e. The lowest BCUT2D eigenvalue weighted by Gasteiger charge is -2.25. The van der Waals surface area contributed by atoms with Gasteiger partial charge in [0.05, 0.1) is 4.90 Å². The molecule has 148 valence electrons. The minimum atomic E-state index is -3.58. The van der Waals surface area contributed by atoms with E-state index in [1.807, 2.05) is 13.0 Å². The van der Waals surface area contributed by atoms with Crippen molar-refractivity contribution in [3.05, 3.63) is 64.7 Å². The van der Waals surface area contributed by atoms with E-state index in [-0.39, 0.29) is 16.8 Å². The first kappa shape index (κ1) is 19.2. The van der Waals surface area contributed by atoms with Crippen molar-refractivity contribution in [2.24, 2.45) is 0 Å². The highest BCUT2D eigenvalue weighted by Gasteiger charge is 2.28. The Labute approximate surface area is 166 Å². The molecule has 2 aliphatic rings. The summed E-state index contributed by atoms with van der Waals surface area (Å²) in [4.78, 5) is 13.0. The van der Waals surface area contributed by atoms with Crippen LogP contribution >= 0.6 is 0 Å². The SMILES string of the molecule is Cc1ccc(S(=O)(=O)NC2CC2)cc1C(=O)NCC1CCCc2ccccc21. The molecule has 6 heteroatoms. The van der Waals surface area contributed by atoms with Gasteiger partial charge in [0.15, 0.2) is 0 Å². The molecule has 0 saturated heterocycles. The molecule has 2 aromatic rings. The van der Waals surface area contributed by atoms with Crippen molar-refractivity contribution < 1.29 is 13.2 Å². The molecule has 1 unspecified atom stereocenters. The van der Waals surface area contributed by atoms with E-state index >= 15 is 0 Å². The van der Waals surface area contributed by atoms with Crippen LogP contribution in [-0.2, 0) is 16.4 Å². The lowest BCUT2D eigenvalue weighted by molar-refractivity contribution is 0.0949. The van der Waals surface area contributed by atoms with Gasteiger partial charge in [0.25, 0.3) is 5.91 Å². The second-order valence-corrected chi connectivity index (χ2v) is 9.58. The lowest BCUT2D eigenvalue weighted by atomic mass is 9.83. The molecule has 2 aliphatic carbocycles. The summed E-state index contributed by atoms with van der Waals surface area (Å²) in [6, 6.07) is 13.2. The Morgan fingerprint density at radius 2 is 1.89 bits per heavy atom. The predicted molar refractivity (Wildman–Crippen MR) is 109 cm³/mol. The van der Waals surface area contributed by atoms with Crippen LogP contribution in [0.2, 0.25) is 0 Å². The number of benzene rings is 2. The van der Waals surface area contributed by atoms with Gasteiger partial charge in [0.1, 0.15) is 0 Å². The number of aryl methyl sites for hydroxylation is 2. The zero-order valence-corrected chi connectivity index (χ0v) is 16.9. The number of hydrogen-bond donors (Lipinski definition) is 2. The van der Waals surface area contributed by atoms with Gasteiger partial charge in [0.2, 0.25) is 10.0 Å². The summed E-state index contributed by atoms with van der Waals surface area (Å²) >= 11 is 0. The molecule has 1 atom stereocenters. The van der Waals surface area contributed by atoms with Gasteiger partial charge in [-0.2, -0.15) is 0 Å². The van der Waals surface area contributed by atoms with Gasteiger partial charge in [-0.15, -0.1) is 0 Å². The number of sulfonamides is 1. The van der Waals surface area contributed by atoms with Crippen LogP contribution in [0.3, 0.4) is 0 Å². The fourth-order valence-corrected chi connectivity index (χ4v) is 5.21. The normalized spacial score (nSPS) is 19.1. The molecule has 0 spiro atoms. The number of rotatable bonds is 6. The van der Waals surface area contributed by atoms with Crippen LogP contribution in [0.1, 0.15) is 58.6 Å². The third-order valence-electron chi connectivity index (χ3n) is 5.67. The van der Waals surface area contributed by atoms with Crippen molar-refractivity contribution in [3.8, 4) is 0 Å². The van der Waals surface area contributed by atoms with Crippen molar-refractivity contribution in [2.45, 2.75) is 55.9 Å². The highest BCUT2D eigenvalue weighted by atomic mass is 32.2. The molecule has 1 fully saturated rings. The standard InChI is InChI=1S/C22H26N2O3S/c1-15-9-12-19(28(26,27)24-18-10-11-18)13-21(15)22(25)23-14-17-7-4-6-16-5-2-3-8-20(16)17/h2-3,5,8-9,12-13,17-18,24H,4,6-7,10-11,14H2,1H3,(H,23,25). The summed E-state index contributed by atoms with van der Waals surface area (Å²) in [6.45, 7) is 2.39. The Morgan fingerprint density at radius 3 is 2.68 bits per heavy atom. The molecule has 1 amide bonds. The molecular weight excluding hydrogens is 372 g/mol. The van der Waals surface area contributed by atoms with Gasteiger partial charge < -0.3 is 5.32 Å². The quantitative estimate of drug-likeness (QED) is 0.784. The summed E-state index contributed by atoms with van der Waals surface area (Å²) in [5.74, 6) is 0.0849. The van der Waals surface area contributed by atoms with E-state index in [1.165, 1.54) is 17.2 Å². The molecule has 28 heavy (non-hydrogen) atoms. The average Bonchev–Trinajstić information content (AvgIpc) is 3.49. The molecule has 0 heterocycles. The molecule has 0 aliphatic heterocycles. The van der Waals surface area contributed by atoms with Gasteiger partial charge in [-0.1, -0.05) is 30.3 Å². The van der Waals surface area contributed by atoms with Crippen LogP contribution in [0.4, 0.5) is 0 Å². The number of nitrogens with one attached hydrogen (secondary N) is 2. The second-order valence-electron chi connectivity index (χ2n) is 7.87. The molecule has 2 N–H and O–H groups in total. The number of carbonyl (C=O) groups excluding carboxylic acids is 1. The van der Waals surface area contributed by atoms with Crippen molar-refractivity contribution in [1.29, 1.82) is 0 Å². The van der Waals surface area contributed by atoms with E-state index in [2.05, 4.69) is 28.2 Å². The van der Waals surface area contributed by atoms with Crippen LogP contribution in [0.5, 0.6) is 0 Å². The van der Waals surface area contributed by atoms with Crippen molar-refractivity contribution >= 4 is 15.9 Å². The number of fused-ring (bicyclic) bond motifs is 1. The Bertz CT molecular complexity index is 997. The fourth-order valence-electron chi connectivity index (χ4n) is 3.88. The molecule has 5 nitrogen and oxygen atoms in total. The minimum Gasteiger partial charge on any atom is -0.351 e. The third-order valence-corrected chi connectivity index (χ3v) is 7.18. The highest BCUT2D eigenvalue weighted by Crippen LogP contribution is 2.31. The summed E-state index contributed by atoms with van der Waals surface area (Å²) < 4.78 is 27.6. The van der Waals surface area contributed by atoms with Gasteiger partial charge in [0, 0.05) is 24.1 Å². The number of amides is 1. The third kappa shape index (κ3) is 4.13. The summed E-state index contributed by atoms with van der Waals surface area (Å²) in [7, 11) is -3.58. The second kappa shape index (κ2) is 7.68. The predicted octanol–water partition coefficient (Wildman–Crippen LogP) is 3.29. The fraction of sp³-hybridized carbons (Fsp3) is 0.409. The van der Waals surface area contributed by atoms with E-state index in [1.54, 1.807) is 12.1 Å². The maximum atomic E-state index is 12.8. The molecule has 4 rings (SSSR count). The Balaban J connectivity index is 1.49. The van der Waals surface area contributed by atoms with Crippen molar-refractivity contribution in [3.63, 3.8) is 0 Å². The molecule has 0 bridgehead atoms. The Morgan fingerprint density at radius 1 is 1.11 bits per heavy atom. The van der Waals surface area contributed by atoms with E-state index in [9.17, 15) is 13.2 Å². The topological polar surface area (TPSA) is 75.3 Å². The van der Waals surface area contributed by atoms with E-state index < -0.39 is 10.0 Å². The van der Waals surface area contributed by atoms with Crippen molar-refractivity contribution in [2.75, 3.05) is 6.54 Å². The maximum Gasteiger partial charge on any atom is 0.251 e. The number of hydrogen-bond acceptors (Lipinski definition) is 3. The van der Waals surface area contributed by atoms with E-state index in [4.69, 9.17) is 0 Å². The van der Waals surface area contributed by atoms with Gasteiger partial charge in [-0.25, -0.2) is 13.1 Å². The Hall–Kier alpha value is -2.18. The van der Waals surface area contributed by atoms with Gasteiger partial charge >= 0.3 is 0 Å². The van der Waals surface area contributed by atoms with Crippen LogP contribution in [-0.4, -0.2) is 26.9 Å². The van der Waals surface area contributed by atoms with E-state index in [0.29, 0.717) is 18.0 Å². The summed E-state index contributed by atoms with van der Waals surface area (Å²) in [5.41, 5.74) is 3.87. The van der Waals surface area contributed by atoms with Crippen LogP contribution in [0.15, 0.2) is 47.4 Å². The molecular formula is C22H26N2O3S. The first-order valence-corrected chi connectivity index (χ1v) is 11.4. The smallest absolute Gasteiger partial charge is 0.251 e.